The molecule has 0 fully saturated rings. The van der Waals surface area contributed by atoms with Gasteiger partial charge in [0.15, 0.2) is 11.6 Å². The third-order valence-corrected chi connectivity index (χ3v) is 4.71. The van der Waals surface area contributed by atoms with Crippen LogP contribution in [0.2, 0.25) is 0 Å². The molecule has 0 atom stereocenters. The van der Waals surface area contributed by atoms with E-state index in [-0.39, 0.29) is 29.1 Å². The largest absolute Gasteiger partial charge is 0.350 e. The van der Waals surface area contributed by atoms with Crippen LogP contribution >= 0.6 is 0 Å². The number of amides is 2. The molecule has 3 aromatic rings. The lowest BCUT2D eigenvalue weighted by Gasteiger charge is -2.16. The van der Waals surface area contributed by atoms with Crippen LogP contribution in [0.4, 0.5) is 18.9 Å². The van der Waals surface area contributed by atoms with Crippen LogP contribution in [0, 0.1) is 17.5 Å². The Labute approximate surface area is 170 Å². The minimum atomic E-state index is -1.10. The van der Waals surface area contributed by atoms with Gasteiger partial charge in [-0.3, -0.25) is 14.5 Å². The Morgan fingerprint density at radius 1 is 0.733 bits per heavy atom. The maximum absolute atomic E-state index is 14.1. The number of hydrogen-bond donors (Lipinski definition) is 1. The highest BCUT2D eigenvalue weighted by Gasteiger charge is 2.39. The van der Waals surface area contributed by atoms with Crippen molar-refractivity contribution in [3.8, 4) is 0 Å². The van der Waals surface area contributed by atoms with Crippen LogP contribution in [-0.2, 0) is 16.1 Å². The zero-order valence-corrected chi connectivity index (χ0v) is 15.5. The quantitative estimate of drug-likeness (QED) is 0.633. The fourth-order valence-electron chi connectivity index (χ4n) is 3.22. The van der Waals surface area contributed by atoms with Gasteiger partial charge in [-0.25, -0.2) is 13.2 Å². The van der Waals surface area contributed by atoms with E-state index in [1.807, 2.05) is 0 Å². The minimum Gasteiger partial charge on any atom is -0.350 e. The number of carbonyl (C=O) groups excluding carboxylic acids is 2. The molecule has 7 heteroatoms. The predicted octanol–water partition coefficient (Wildman–Crippen LogP) is 4.50. The van der Waals surface area contributed by atoms with Crippen LogP contribution in [0.25, 0.3) is 5.57 Å². The van der Waals surface area contributed by atoms with Gasteiger partial charge >= 0.3 is 0 Å². The van der Waals surface area contributed by atoms with Gasteiger partial charge in [0.25, 0.3) is 11.8 Å². The van der Waals surface area contributed by atoms with Gasteiger partial charge in [-0.1, -0.05) is 48.5 Å². The van der Waals surface area contributed by atoms with Gasteiger partial charge in [0.2, 0.25) is 0 Å². The number of nitrogens with zero attached hydrogens (tertiary/aromatic N) is 1. The summed E-state index contributed by atoms with van der Waals surface area (Å²) in [5, 5.41) is 2.74. The lowest BCUT2D eigenvalue weighted by molar-refractivity contribution is -0.137. The highest BCUT2D eigenvalue weighted by Crippen LogP contribution is 2.32. The fraction of sp³-hybridized carbons (Fsp3) is 0.0435. The Bertz CT molecular complexity index is 1180. The van der Waals surface area contributed by atoms with Crippen molar-refractivity contribution in [1.82, 2.24) is 4.90 Å². The molecule has 0 radical (unpaired) electrons. The van der Waals surface area contributed by atoms with Crippen LogP contribution in [0.3, 0.4) is 0 Å². The summed E-state index contributed by atoms with van der Waals surface area (Å²) >= 11 is 0. The zero-order chi connectivity index (χ0) is 21.3. The molecule has 1 aliphatic heterocycles. The van der Waals surface area contributed by atoms with Gasteiger partial charge in [-0.2, -0.15) is 0 Å². The van der Waals surface area contributed by atoms with Crippen molar-refractivity contribution in [2.75, 3.05) is 5.32 Å². The first kappa shape index (κ1) is 19.4. The van der Waals surface area contributed by atoms with Crippen molar-refractivity contribution in [2.24, 2.45) is 0 Å². The van der Waals surface area contributed by atoms with E-state index in [0.717, 1.165) is 17.0 Å². The molecule has 4 nitrogen and oxygen atoms in total. The topological polar surface area (TPSA) is 49.4 Å². The highest BCUT2D eigenvalue weighted by molar-refractivity contribution is 6.36. The molecule has 1 heterocycles. The van der Waals surface area contributed by atoms with Crippen LogP contribution in [0.15, 0.2) is 78.5 Å². The average molecular weight is 408 g/mol. The van der Waals surface area contributed by atoms with Crippen molar-refractivity contribution in [3.63, 3.8) is 0 Å². The molecular weight excluding hydrogens is 393 g/mol. The number of halogens is 3. The molecular formula is C23H15F3N2O2. The minimum absolute atomic E-state index is 0.0710. The third kappa shape index (κ3) is 3.57. The summed E-state index contributed by atoms with van der Waals surface area (Å²) in [6.07, 6.45) is 0. The van der Waals surface area contributed by atoms with Gasteiger partial charge in [0.05, 0.1) is 12.1 Å². The van der Waals surface area contributed by atoms with E-state index < -0.39 is 29.3 Å². The summed E-state index contributed by atoms with van der Waals surface area (Å²) in [7, 11) is 0. The number of rotatable bonds is 5. The van der Waals surface area contributed by atoms with Gasteiger partial charge in [0, 0.05) is 17.3 Å². The molecule has 1 aliphatic rings. The van der Waals surface area contributed by atoms with Crippen LogP contribution < -0.4 is 5.32 Å². The first-order valence-electron chi connectivity index (χ1n) is 9.07. The Morgan fingerprint density at radius 3 is 2.13 bits per heavy atom. The lowest BCUT2D eigenvalue weighted by atomic mass is 10.0. The molecule has 4 rings (SSSR count). The number of hydrogen-bond acceptors (Lipinski definition) is 3. The van der Waals surface area contributed by atoms with E-state index in [4.69, 9.17) is 0 Å². The Balaban J connectivity index is 1.75. The van der Waals surface area contributed by atoms with Gasteiger partial charge in [-0.15, -0.1) is 0 Å². The Morgan fingerprint density at radius 2 is 1.43 bits per heavy atom. The second-order valence-electron chi connectivity index (χ2n) is 6.66. The monoisotopic (exact) mass is 408 g/mol. The van der Waals surface area contributed by atoms with Crippen molar-refractivity contribution in [1.29, 1.82) is 0 Å². The van der Waals surface area contributed by atoms with E-state index in [0.29, 0.717) is 5.56 Å². The Kier molecular flexibility index (Phi) is 5.10. The van der Waals surface area contributed by atoms with Crippen molar-refractivity contribution in [3.05, 3.63) is 107 Å². The van der Waals surface area contributed by atoms with E-state index in [1.54, 1.807) is 36.4 Å². The smallest absolute Gasteiger partial charge is 0.278 e. The maximum atomic E-state index is 14.1. The number of imide groups is 1. The molecule has 30 heavy (non-hydrogen) atoms. The van der Waals surface area contributed by atoms with Crippen molar-refractivity contribution in [2.45, 2.75) is 6.54 Å². The summed E-state index contributed by atoms with van der Waals surface area (Å²) in [6.45, 7) is -0.260. The molecule has 0 saturated carbocycles. The predicted molar refractivity (Wildman–Crippen MR) is 105 cm³/mol. The number of carbonyl (C=O) groups is 2. The summed E-state index contributed by atoms with van der Waals surface area (Å²) < 4.78 is 41.0. The first-order valence-corrected chi connectivity index (χ1v) is 9.07. The molecule has 3 aromatic carbocycles. The molecule has 0 unspecified atom stereocenters. The van der Waals surface area contributed by atoms with Gasteiger partial charge in [0.1, 0.15) is 11.5 Å². The molecule has 0 saturated heterocycles. The third-order valence-electron chi connectivity index (χ3n) is 4.71. The molecule has 150 valence electrons. The molecule has 0 spiro atoms. The first-order chi connectivity index (χ1) is 14.5. The Hall–Kier alpha value is -3.87. The van der Waals surface area contributed by atoms with Crippen LogP contribution in [0.5, 0.6) is 0 Å². The van der Waals surface area contributed by atoms with Crippen LogP contribution in [0.1, 0.15) is 11.1 Å². The molecule has 1 N–H and O–H groups in total. The second-order valence-corrected chi connectivity index (χ2v) is 6.66. The molecule has 0 bridgehead atoms. The van der Waals surface area contributed by atoms with Crippen molar-refractivity contribution >= 4 is 23.1 Å². The number of benzene rings is 3. The number of anilines is 1. The van der Waals surface area contributed by atoms with Gasteiger partial charge < -0.3 is 5.32 Å². The summed E-state index contributed by atoms with van der Waals surface area (Å²) in [5.74, 6) is -3.97. The van der Waals surface area contributed by atoms with E-state index >= 15 is 0 Å². The summed E-state index contributed by atoms with van der Waals surface area (Å²) in [5.41, 5.74) is 0.735. The normalized spacial score (nSPS) is 13.9. The fourth-order valence-corrected chi connectivity index (χ4v) is 3.22. The summed E-state index contributed by atoms with van der Waals surface area (Å²) in [6, 6.07) is 17.4. The highest BCUT2D eigenvalue weighted by atomic mass is 19.2. The van der Waals surface area contributed by atoms with Crippen molar-refractivity contribution < 1.29 is 22.8 Å². The zero-order valence-electron chi connectivity index (χ0n) is 15.5. The van der Waals surface area contributed by atoms with Crippen LogP contribution in [-0.4, -0.2) is 16.7 Å². The second kappa shape index (κ2) is 7.87. The van der Waals surface area contributed by atoms with E-state index in [2.05, 4.69) is 5.32 Å². The molecule has 2 amide bonds. The maximum Gasteiger partial charge on any atom is 0.278 e. The molecule has 0 aromatic heterocycles. The van der Waals surface area contributed by atoms with E-state index in [1.165, 1.54) is 24.3 Å². The van der Waals surface area contributed by atoms with Gasteiger partial charge in [-0.05, 0) is 23.8 Å². The SMILES string of the molecule is O=C1C(Nc2ccc(F)c(F)c2)=C(c2ccccc2)C(=O)N1Cc1ccccc1F. The summed E-state index contributed by atoms with van der Waals surface area (Å²) in [4.78, 5) is 27.1. The van der Waals surface area contributed by atoms with E-state index in [9.17, 15) is 22.8 Å². The standard InChI is InChI=1S/C23H15F3N2O2/c24-17-9-5-4-8-15(17)13-28-22(29)20(14-6-2-1-3-7-14)21(23(28)30)27-16-10-11-18(25)19(26)12-16/h1-12,27H,13H2. The molecule has 0 aliphatic carbocycles. The average Bonchev–Trinajstić information content (AvgIpc) is 2.97. The number of nitrogens with one attached hydrogen (secondary N) is 1. The lowest BCUT2D eigenvalue weighted by Crippen LogP contribution is -2.32.